The lowest BCUT2D eigenvalue weighted by Crippen LogP contribution is -2.24. The van der Waals surface area contributed by atoms with Gasteiger partial charge in [-0.2, -0.15) is 0 Å². The third-order valence-electron chi connectivity index (χ3n) is 3.73. The summed E-state index contributed by atoms with van der Waals surface area (Å²) in [7, 11) is -3.77. The average Bonchev–Trinajstić information content (AvgIpc) is 2.50. The molecule has 0 spiro atoms. The summed E-state index contributed by atoms with van der Waals surface area (Å²) in [5.41, 5.74) is 3.52. The highest BCUT2D eigenvalue weighted by Gasteiger charge is 2.18. The van der Waals surface area contributed by atoms with Crippen molar-refractivity contribution in [3.63, 3.8) is 0 Å². The minimum absolute atomic E-state index is 0.0642. The molecule has 0 aliphatic heterocycles. The van der Waals surface area contributed by atoms with Gasteiger partial charge in [0.1, 0.15) is 0 Å². The summed E-state index contributed by atoms with van der Waals surface area (Å²) in [6, 6.07) is 10.0. The van der Waals surface area contributed by atoms with Crippen LogP contribution in [0.25, 0.3) is 0 Å². The van der Waals surface area contributed by atoms with Crippen LogP contribution in [0.5, 0.6) is 0 Å². The Labute approximate surface area is 143 Å². The molecule has 0 aliphatic carbocycles. The largest absolute Gasteiger partial charge is 0.352 e. The van der Waals surface area contributed by atoms with E-state index in [0.717, 1.165) is 16.7 Å². The number of benzene rings is 2. The fourth-order valence-electron chi connectivity index (χ4n) is 2.40. The van der Waals surface area contributed by atoms with Gasteiger partial charge >= 0.3 is 0 Å². The van der Waals surface area contributed by atoms with Crippen LogP contribution in [0, 0.1) is 20.8 Å². The van der Waals surface area contributed by atoms with Crippen molar-refractivity contribution in [1.82, 2.24) is 5.32 Å². The van der Waals surface area contributed by atoms with Gasteiger partial charge in [-0.15, -0.1) is 0 Å². The van der Waals surface area contributed by atoms with Gasteiger partial charge in [0.25, 0.3) is 15.9 Å². The Kier molecular flexibility index (Phi) is 5.29. The number of hydrogen-bond acceptors (Lipinski definition) is 3. The molecule has 0 aliphatic rings. The zero-order valence-corrected chi connectivity index (χ0v) is 15.1. The third-order valence-corrected chi connectivity index (χ3v) is 5.09. The van der Waals surface area contributed by atoms with Crippen LogP contribution in [-0.2, 0) is 10.0 Å². The van der Waals surface area contributed by atoms with E-state index in [4.69, 9.17) is 0 Å². The molecule has 5 nitrogen and oxygen atoms in total. The van der Waals surface area contributed by atoms with Crippen LogP contribution in [0.4, 0.5) is 5.69 Å². The first-order chi connectivity index (χ1) is 11.2. The average molecular weight is 346 g/mol. The van der Waals surface area contributed by atoms with Crippen molar-refractivity contribution in [2.45, 2.75) is 32.6 Å². The van der Waals surface area contributed by atoms with E-state index in [9.17, 15) is 13.2 Å². The molecule has 2 N–H and O–H groups in total. The zero-order valence-electron chi connectivity index (χ0n) is 14.3. The highest BCUT2D eigenvalue weighted by atomic mass is 32.2. The molecule has 0 bridgehead atoms. The van der Waals surface area contributed by atoms with Crippen molar-refractivity contribution in [1.29, 1.82) is 0 Å². The van der Waals surface area contributed by atoms with Gasteiger partial charge in [0.2, 0.25) is 0 Å². The predicted octanol–water partition coefficient (Wildman–Crippen LogP) is 3.16. The Morgan fingerprint density at radius 3 is 2.33 bits per heavy atom. The van der Waals surface area contributed by atoms with Gasteiger partial charge < -0.3 is 5.32 Å². The van der Waals surface area contributed by atoms with Gasteiger partial charge in [-0.3, -0.25) is 9.52 Å². The normalized spacial score (nSPS) is 11.2. The number of carbonyl (C=O) groups excluding carboxylic acids is 1. The van der Waals surface area contributed by atoms with Gasteiger partial charge in [-0.1, -0.05) is 23.8 Å². The van der Waals surface area contributed by atoms with Gasteiger partial charge in [0.05, 0.1) is 10.6 Å². The molecule has 1 amide bonds. The maximum Gasteiger partial charge on any atom is 0.261 e. The molecular weight excluding hydrogens is 324 g/mol. The molecule has 0 fully saturated rings. The van der Waals surface area contributed by atoms with Crippen LogP contribution in [0.1, 0.15) is 34.0 Å². The van der Waals surface area contributed by atoms with Crippen molar-refractivity contribution in [2.24, 2.45) is 0 Å². The minimum atomic E-state index is -3.77. The molecule has 2 aromatic carbocycles. The predicted molar refractivity (Wildman–Crippen MR) is 95.9 cm³/mol. The third kappa shape index (κ3) is 3.94. The fraction of sp³-hybridized carbons (Fsp3) is 0.278. The molecule has 2 aromatic rings. The van der Waals surface area contributed by atoms with Gasteiger partial charge in [-0.25, -0.2) is 8.42 Å². The van der Waals surface area contributed by atoms with Crippen molar-refractivity contribution in [3.8, 4) is 0 Å². The number of sulfonamides is 1. The second-order valence-corrected chi connectivity index (χ2v) is 7.44. The summed E-state index contributed by atoms with van der Waals surface area (Å²) >= 11 is 0. The van der Waals surface area contributed by atoms with Crippen molar-refractivity contribution < 1.29 is 13.2 Å². The van der Waals surface area contributed by atoms with Crippen LogP contribution in [-0.4, -0.2) is 20.9 Å². The monoisotopic (exact) mass is 346 g/mol. The molecular formula is C18H22N2O3S. The number of rotatable bonds is 5. The number of nitrogens with one attached hydrogen (secondary N) is 2. The molecule has 0 radical (unpaired) electrons. The topological polar surface area (TPSA) is 75.3 Å². The van der Waals surface area contributed by atoms with Crippen molar-refractivity contribution >= 4 is 21.6 Å². The van der Waals surface area contributed by atoms with E-state index >= 15 is 0 Å². The second kappa shape index (κ2) is 7.05. The molecule has 0 heterocycles. The fourth-order valence-corrected chi connectivity index (χ4v) is 3.56. The quantitative estimate of drug-likeness (QED) is 0.873. The molecule has 0 saturated carbocycles. The van der Waals surface area contributed by atoms with Crippen LogP contribution in [0.3, 0.4) is 0 Å². The van der Waals surface area contributed by atoms with Crippen LogP contribution >= 0.6 is 0 Å². The molecule has 0 aromatic heterocycles. The summed E-state index contributed by atoms with van der Waals surface area (Å²) in [5, 5.41) is 2.69. The molecule has 128 valence electrons. The number of amides is 1. The van der Waals surface area contributed by atoms with Crippen molar-refractivity contribution in [2.75, 3.05) is 11.3 Å². The number of hydrogen-bond donors (Lipinski definition) is 2. The molecule has 0 saturated heterocycles. The summed E-state index contributed by atoms with van der Waals surface area (Å²) in [5.74, 6) is -0.279. The lowest BCUT2D eigenvalue weighted by Gasteiger charge is -2.13. The van der Waals surface area contributed by atoms with E-state index in [1.165, 1.54) is 12.1 Å². The minimum Gasteiger partial charge on any atom is -0.352 e. The standard InChI is InChI=1S/C18H22N2O3S/c1-5-19-18(21)16-11-15(8-7-13(16)3)24(22,23)20-17-9-6-12(2)10-14(17)4/h6-11,20H,5H2,1-4H3,(H,19,21). The number of aryl methyl sites for hydroxylation is 3. The number of carbonyl (C=O) groups is 1. The van der Waals surface area contributed by atoms with E-state index in [1.54, 1.807) is 19.1 Å². The van der Waals surface area contributed by atoms with E-state index in [1.807, 2.05) is 32.9 Å². The highest BCUT2D eigenvalue weighted by molar-refractivity contribution is 7.92. The maximum absolute atomic E-state index is 12.6. The van der Waals surface area contributed by atoms with Crippen LogP contribution in [0.15, 0.2) is 41.3 Å². The van der Waals surface area contributed by atoms with Crippen LogP contribution < -0.4 is 10.0 Å². The molecule has 6 heteroatoms. The first-order valence-electron chi connectivity index (χ1n) is 7.73. The Hall–Kier alpha value is -2.34. The van der Waals surface area contributed by atoms with Gasteiger partial charge in [0, 0.05) is 12.1 Å². The second-order valence-electron chi connectivity index (χ2n) is 5.76. The Morgan fingerprint density at radius 2 is 1.71 bits per heavy atom. The van der Waals surface area contributed by atoms with E-state index in [-0.39, 0.29) is 10.8 Å². The highest BCUT2D eigenvalue weighted by Crippen LogP contribution is 2.22. The first-order valence-corrected chi connectivity index (χ1v) is 9.22. The Bertz CT molecular complexity index is 874. The van der Waals surface area contributed by atoms with E-state index in [2.05, 4.69) is 10.0 Å². The van der Waals surface area contributed by atoms with Crippen molar-refractivity contribution in [3.05, 3.63) is 58.7 Å². The SMILES string of the molecule is CCNC(=O)c1cc(S(=O)(=O)Nc2ccc(C)cc2C)ccc1C. The summed E-state index contributed by atoms with van der Waals surface area (Å²) in [6.45, 7) is 7.87. The molecule has 24 heavy (non-hydrogen) atoms. The van der Waals surface area contributed by atoms with Gasteiger partial charge in [0.15, 0.2) is 0 Å². The maximum atomic E-state index is 12.6. The first kappa shape index (κ1) is 18.0. The van der Waals surface area contributed by atoms with Gasteiger partial charge in [-0.05, 0) is 57.0 Å². The molecule has 0 atom stereocenters. The lowest BCUT2D eigenvalue weighted by atomic mass is 10.1. The van der Waals surface area contributed by atoms with Crippen LogP contribution in [0.2, 0.25) is 0 Å². The Morgan fingerprint density at radius 1 is 1.00 bits per heavy atom. The lowest BCUT2D eigenvalue weighted by molar-refractivity contribution is 0.0955. The molecule has 0 unspecified atom stereocenters. The summed E-state index contributed by atoms with van der Waals surface area (Å²) < 4.78 is 27.9. The summed E-state index contributed by atoms with van der Waals surface area (Å²) in [4.78, 5) is 12.1. The van der Waals surface area contributed by atoms with E-state index in [0.29, 0.717) is 17.8 Å². The molecule has 2 rings (SSSR count). The number of anilines is 1. The Balaban J connectivity index is 2.39. The zero-order chi connectivity index (χ0) is 17.9. The van der Waals surface area contributed by atoms with E-state index < -0.39 is 10.0 Å². The smallest absolute Gasteiger partial charge is 0.261 e. The summed E-state index contributed by atoms with van der Waals surface area (Å²) in [6.07, 6.45) is 0.